The standard InChI is InChI=1S/C18H18BrF3N4O4S2/c1-3-32(28,29)13-8-11(16(19)27)10-26(30-6-7-31-2)15(13)17-23-14-9-12(18(20,21)22)4-5-25(14)24-17/h4-5,8-9H,3,6-7,10H2,1-2H3. The van der Waals surface area contributed by atoms with Crippen LogP contribution in [0.2, 0.25) is 0 Å². The number of carbonyl (C=O) groups is 1. The van der Waals surface area contributed by atoms with E-state index in [9.17, 15) is 26.4 Å². The Balaban J connectivity index is 2.23. The molecule has 3 rings (SSSR count). The zero-order valence-corrected chi connectivity index (χ0v) is 20.1. The molecule has 8 nitrogen and oxygen atoms in total. The van der Waals surface area contributed by atoms with E-state index in [1.54, 1.807) is 0 Å². The van der Waals surface area contributed by atoms with Gasteiger partial charge >= 0.3 is 6.18 Å². The summed E-state index contributed by atoms with van der Waals surface area (Å²) in [5.74, 6) is 0.156. The summed E-state index contributed by atoms with van der Waals surface area (Å²) in [5.41, 5.74) is -0.940. The first-order valence-electron chi connectivity index (χ1n) is 9.18. The molecule has 2 aromatic rings. The van der Waals surface area contributed by atoms with Gasteiger partial charge < -0.3 is 0 Å². The largest absolute Gasteiger partial charge is 0.416 e. The fraction of sp³-hybridized carbons (Fsp3) is 0.389. The third-order valence-corrected chi connectivity index (χ3v) is 7.31. The monoisotopic (exact) mass is 554 g/mol. The molecule has 0 atom stereocenters. The average Bonchev–Trinajstić information content (AvgIpc) is 3.15. The highest BCUT2D eigenvalue weighted by Crippen LogP contribution is 2.34. The van der Waals surface area contributed by atoms with Crippen LogP contribution >= 0.6 is 27.7 Å². The lowest BCUT2D eigenvalue weighted by molar-refractivity contribution is -0.137. The number of allylic oxidation sites excluding steroid dienone is 1. The lowest BCUT2D eigenvalue weighted by Gasteiger charge is -2.30. The lowest BCUT2D eigenvalue weighted by atomic mass is 10.1. The van der Waals surface area contributed by atoms with Crippen LogP contribution in [0.3, 0.4) is 0 Å². The molecule has 0 bridgehead atoms. The first kappa shape index (κ1) is 24.7. The molecule has 0 spiro atoms. The molecule has 0 aliphatic carbocycles. The second-order valence-electron chi connectivity index (χ2n) is 6.57. The van der Waals surface area contributed by atoms with Crippen LogP contribution < -0.4 is 0 Å². The van der Waals surface area contributed by atoms with Crippen LogP contribution in [0, 0.1) is 0 Å². The van der Waals surface area contributed by atoms with Crippen LogP contribution in [0.4, 0.5) is 13.2 Å². The van der Waals surface area contributed by atoms with Crippen LogP contribution in [-0.4, -0.2) is 63.7 Å². The highest BCUT2D eigenvalue weighted by molar-refractivity contribution is 9.18. The summed E-state index contributed by atoms with van der Waals surface area (Å²) < 4.78 is 65.5. The Hall–Kier alpha value is -1.90. The maximum Gasteiger partial charge on any atom is 0.416 e. The number of hydrogen-bond acceptors (Lipinski definition) is 8. The van der Waals surface area contributed by atoms with E-state index in [1.807, 2.05) is 6.26 Å². The van der Waals surface area contributed by atoms with Crippen molar-refractivity contribution in [2.75, 3.05) is 30.9 Å². The van der Waals surface area contributed by atoms with E-state index in [2.05, 4.69) is 26.0 Å². The quantitative estimate of drug-likeness (QED) is 0.362. The predicted octanol–water partition coefficient (Wildman–Crippen LogP) is 3.31. The number of pyridine rings is 1. The maximum absolute atomic E-state index is 13.1. The molecule has 2 aromatic heterocycles. The van der Waals surface area contributed by atoms with Gasteiger partial charge in [0.05, 0.1) is 29.4 Å². The van der Waals surface area contributed by atoms with E-state index in [4.69, 9.17) is 4.84 Å². The van der Waals surface area contributed by atoms with Crippen LogP contribution in [-0.2, 0) is 25.6 Å². The van der Waals surface area contributed by atoms with Gasteiger partial charge in [0.2, 0.25) is 10.5 Å². The Labute approximate surface area is 194 Å². The molecule has 0 N–H and O–H groups in total. The molecule has 0 aromatic carbocycles. The van der Waals surface area contributed by atoms with Gasteiger partial charge in [-0.05, 0) is 40.4 Å². The summed E-state index contributed by atoms with van der Waals surface area (Å²) in [6.07, 6.45) is -0.408. The SMILES string of the molecule is CCS(=O)(=O)C1=C(c2nc3cc(C(F)(F)F)ccn3n2)N(OCCSC)CC(C(=O)Br)=C1. The average molecular weight is 555 g/mol. The Bertz CT molecular complexity index is 1210. The van der Waals surface area contributed by atoms with Gasteiger partial charge in [-0.1, -0.05) is 6.92 Å². The highest BCUT2D eigenvalue weighted by atomic mass is 79.9. The summed E-state index contributed by atoms with van der Waals surface area (Å²) in [5, 5.41) is 5.37. The smallest absolute Gasteiger partial charge is 0.281 e. The summed E-state index contributed by atoms with van der Waals surface area (Å²) in [6, 6.07) is 1.66. The van der Waals surface area contributed by atoms with E-state index in [0.717, 1.165) is 22.8 Å². The van der Waals surface area contributed by atoms with Crippen molar-refractivity contribution in [3.63, 3.8) is 0 Å². The summed E-state index contributed by atoms with van der Waals surface area (Å²) in [4.78, 5) is 21.6. The second-order valence-corrected chi connectivity index (χ2v) is 10.5. The van der Waals surface area contributed by atoms with Gasteiger partial charge in [-0.25, -0.2) is 23.0 Å². The Morgan fingerprint density at radius 1 is 1.38 bits per heavy atom. The van der Waals surface area contributed by atoms with Crippen molar-refractivity contribution in [2.24, 2.45) is 0 Å². The first-order chi connectivity index (χ1) is 15.0. The minimum absolute atomic E-state index is 0.0392. The lowest BCUT2D eigenvalue weighted by Crippen LogP contribution is -2.33. The van der Waals surface area contributed by atoms with E-state index in [-0.39, 0.29) is 46.6 Å². The summed E-state index contributed by atoms with van der Waals surface area (Å²) >= 11 is 4.33. The topological polar surface area (TPSA) is 93.9 Å². The van der Waals surface area contributed by atoms with Crippen LogP contribution in [0.1, 0.15) is 18.3 Å². The molecular weight excluding hydrogens is 537 g/mol. The molecule has 14 heteroatoms. The summed E-state index contributed by atoms with van der Waals surface area (Å²) in [6.45, 7) is 1.53. The number of carbonyl (C=O) groups excluding carboxylic acids is 1. The van der Waals surface area contributed by atoms with Crippen molar-refractivity contribution in [3.05, 3.63) is 46.3 Å². The minimum atomic E-state index is -4.57. The van der Waals surface area contributed by atoms with Gasteiger partial charge in [-0.2, -0.15) is 24.9 Å². The predicted molar refractivity (Wildman–Crippen MR) is 117 cm³/mol. The fourth-order valence-corrected chi connectivity index (χ4v) is 4.46. The van der Waals surface area contributed by atoms with E-state index in [1.165, 1.54) is 29.8 Å². The number of fused-ring (bicyclic) bond motifs is 1. The Morgan fingerprint density at radius 3 is 2.69 bits per heavy atom. The molecule has 32 heavy (non-hydrogen) atoms. The number of hydrogen-bond donors (Lipinski definition) is 0. The van der Waals surface area contributed by atoms with Crippen molar-refractivity contribution in [1.29, 1.82) is 0 Å². The van der Waals surface area contributed by atoms with Crippen LogP contribution in [0.25, 0.3) is 11.3 Å². The third-order valence-electron chi connectivity index (χ3n) is 4.48. The van der Waals surface area contributed by atoms with E-state index < -0.39 is 26.3 Å². The molecule has 0 saturated heterocycles. The number of alkyl halides is 3. The molecule has 0 saturated carbocycles. The number of halogens is 4. The van der Waals surface area contributed by atoms with E-state index in [0.29, 0.717) is 5.75 Å². The number of sulfone groups is 1. The molecule has 3 heterocycles. The molecule has 1 aliphatic rings. The first-order valence-corrected chi connectivity index (χ1v) is 13.0. The van der Waals surface area contributed by atoms with Crippen molar-refractivity contribution in [1.82, 2.24) is 19.7 Å². The van der Waals surface area contributed by atoms with Gasteiger partial charge in [-0.3, -0.25) is 9.63 Å². The number of rotatable bonds is 8. The van der Waals surface area contributed by atoms with Crippen molar-refractivity contribution in [3.8, 4) is 0 Å². The van der Waals surface area contributed by atoms with Gasteiger partial charge in [0.1, 0.15) is 5.70 Å². The maximum atomic E-state index is 13.1. The molecule has 0 unspecified atom stereocenters. The zero-order chi connectivity index (χ0) is 23.7. The van der Waals surface area contributed by atoms with Crippen molar-refractivity contribution in [2.45, 2.75) is 13.1 Å². The Morgan fingerprint density at radius 2 is 2.09 bits per heavy atom. The molecule has 0 radical (unpaired) electrons. The minimum Gasteiger partial charge on any atom is -0.281 e. The van der Waals surface area contributed by atoms with Gasteiger partial charge in [0.15, 0.2) is 15.5 Å². The molecule has 0 amide bonds. The molecule has 0 fully saturated rings. The van der Waals surface area contributed by atoms with Crippen LogP contribution in [0.15, 0.2) is 34.9 Å². The van der Waals surface area contributed by atoms with Crippen molar-refractivity contribution < 1.29 is 31.2 Å². The highest BCUT2D eigenvalue weighted by Gasteiger charge is 2.34. The molecular formula is C18H18BrF3N4O4S2. The van der Waals surface area contributed by atoms with Crippen molar-refractivity contribution >= 4 is 53.6 Å². The number of hydroxylamine groups is 2. The van der Waals surface area contributed by atoms with Crippen LogP contribution in [0.5, 0.6) is 0 Å². The number of nitrogens with zero attached hydrogens (tertiary/aromatic N) is 4. The van der Waals surface area contributed by atoms with E-state index >= 15 is 0 Å². The number of aromatic nitrogens is 3. The second kappa shape index (κ2) is 9.53. The fourth-order valence-electron chi connectivity index (χ4n) is 2.86. The normalized spacial score (nSPS) is 15.4. The number of thioether (sulfide) groups is 1. The van der Waals surface area contributed by atoms with Gasteiger partial charge in [0, 0.05) is 17.5 Å². The summed E-state index contributed by atoms with van der Waals surface area (Å²) in [7, 11) is -3.88. The molecule has 174 valence electrons. The zero-order valence-electron chi connectivity index (χ0n) is 16.9. The Kier molecular flexibility index (Phi) is 7.37. The molecule has 1 aliphatic heterocycles. The third kappa shape index (κ3) is 5.18. The van der Waals surface area contributed by atoms with Gasteiger partial charge in [0.25, 0.3) is 0 Å². The van der Waals surface area contributed by atoms with Gasteiger partial charge in [-0.15, -0.1) is 5.10 Å².